The second-order valence-electron chi connectivity index (χ2n) is 7.59. The molecule has 4 rings (SSSR count). The Morgan fingerprint density at radius 1 is 1.06 bits per heavy atom. The summed E-state index contributed by atoms with van der Waals surface area (Å²) < 4.78 is 5.59. The van der Waals surface area contributed by atoms with E-state index < -0.39 is 17.0 Å². The lowest BCUT2D eigenvalue weighted by atomic mass is 9.92. The van der Waals surface area contributed by atoms with Crippen LogP contribution in [0.1, 0.15) is 49.1 Å². The topological polar surface area (TPSA) is 98.5 Å². The van der Waals surface area contributed by atoms with Gasteiger partial charge in [-0.1, -0.05) is 29.8 Å². The van der Waals surface area contributed by atoms with Crippen molar-refractivity contribution in [2.45, 2.75) is 26.4 Å². The molecule has 0 radical (unpaired) electrons. The van der Waals surface area contributed by atoms with Gasteiger partial charge in [-0.05, 0) is 54.8 Å². The molecule has 3 aromatic carbocycles. The van der Waals surface area contributed by atoms with E-state index in [2.05, 4.69) is 5.32 Å². The van der Waals surface area contributed by atoms with Crippen LogP contribution in [0.25, 0.3) is 0 Å². The van der Waals surface area contributed by atoms with Gasteiger partial charge < -0.3 is 10.1 Å². The summed E-state index contributed by atoms with van der Waals surface area (Å²) in [6.45, 7) is 3.68. The van der Waals surface area contributed by atoms with Gasteiger partial charge in [-0.15, -0.1) is 0 Å². The van der Waals surface area contributed by atoms with Crippen LogP contribution in [0.4, 0.5) is 11.4 Å². The van der Waals surface area contributed by atoms with Gasteiger partial charge >= 0.3 is 5.97 Å². The highest BCUT2D eigenvalue weighted by Crippen LogP contribution is 2.31. The number of esters is 1. The third kappa shape index (κ3) is 4.16. The highest BCUT2D eigenvalue weighted by molar-refractivity contribution is 6.05. The number of amides is 1. The predicted molar refractivity (Wildman–Crippen MR) is 115 cm³/mol. The Morgan fingerprint density at radius 2 is 1.81 bits per heavy atom. The second kappa shape index (κ2) is 8.02. The van der Waals surface area contributed by atoms with Crippen molar-refractivity contribution in [3.63, 3.8) is 0 Å². The van der Waals surface area contributed by atoms with Crippen molar-refractivity contribution in [3.8, 4) is 0 Å². The first-order chi connectivity index (χ1) is 14.8. The van der Waals surface area contributed by atoms with Gasteiger partial charge in [-0.2, -0.15) is 0 Å². The maximum atomic E-state index is 12.8. The molecule has 0 saturated heterocycles. The third-order valence-electron chi connectivity index (χ3n) is 5.36. The summed E-state index contributed by atoms with van der Waals surface area (Å²) in [5, 5.41) is 13.7. The first-order valence-electron chi connectivity index (χ1n) is 9.78. The molecule has 1 aliphatic rings. The largest absolute Gasteiger partial charge is 0.454 e. The van der Waals surface area contributed by atoms with E-state index in [-0.39, 0.29) is 11.6 Å². The normalized spacial score (nSPS) is 15.0. The Bertz CT molecular complexity index is 1200. The lowest BCUT2D eigenvalue weighted by molar-refractivity contribution is -0.384. The minimum atomic E-state index is -0.481. The summed E-state index contributed by atoms with van der Waals surface area (Å²) in [6.07, 6.45) is 0.0674. The van der Waals surface area contributed by atoms with E-state index in [1.165, 1.54) is 18.2 Å². The summed E-state index contributed by atoms with van der Waals surface area (Å²) >= 11 is 0. The Hall–Kier alpha value is -4.00. The molecule has 1 aliphatic heterocycles. The van der Waals surface area contributed by atoms with Crippen LogP contribution < -0.4 is 5.32 Å². The number of hydrogen-bond donors (Lipinski definition) is 1. The SMILES string of the molecule is Cc1ccc([C@H]2Cc3cc(C(=O)Nc4ccc([N+](=O)[O-])cc4C)ccc3C(=O)O2)cc1. The van der Waals surface area contributed by atoms with Gasteiger partial charge in [-0.3, -0.25) is 14.9 Å². The zero-order valence-corrected chi connectivity index (χ0v) is 17.0. The lowest BCUT2D eigenvalue weighted by Crippen LogP contribution is -2.23. The number of carbonyl (C=O) groups excluding carboxylic acids is 2. The monoisotopic (exact) mass is 416 g/mol. The Balaban J connectivity index is 1.57. The summed E-state index contributed by atoms with van der Waals surface area (Å²) in [5.74, 6) is -0.768. The number of nitrogens with zero attached hydrogens (tertiary/aromatic N) is 1. The molecule has 0 spiro atoms. The number of nitrogens with one attached hydrogen (secondary N) is 1. The molecule has 156 valence electrons. The van der Waals surface area contributed by atoms with E-state index in [4.69, 9.17) is 4.74 Å². The van der Waals surface area contributed by atoms with Crippen molar-refractivity contribution in [2.75, 3.05) is 5.32 Å². The van der Waals surface area contributed by atoms with Gasteiger partial charge in [0.15, 0.2) is 0 Å². The average molecular weight is 416 g/mol. The maximum Gasteiger partial charge on any atom is 0.339 e. The number of nitro benzene ring substituents is 1. The van der Waals surface area contributed by atoms with E-state index in [0.29, 0.717) is 28.8 Å². The Labute approximate surface area is 178 Å². The molecule has 1 heterocycles. The third-order valence-corrected chi connectivity index (χ3v) is 5.36. The van der Waals surface area contributed by atoms with Crippen LogP contribution in [0.3, 0.4) is 0 Å². The Morgan fingerprint density at radius 3 is 2.48 bits per heavy atom. The van der Waals surface area contributed by atoms with Gasteiger partial charge in [0.25, 0.3) is 11.6 Å². The van der Waals surface area contributed by atoms with Crippen molar-refractivity contribution in [2.24, 2.45) is 0 Å². The number of nitro groups is 1. The predicted octanol–water partition coefficient (Wildman–Crippen LogP) is 4.92. The average Bonchev–Trinajstić information content (AvgIpc) is 2.75. The molecule has 0 unspecified atom stereocenters. The van der Waals surface area contributed by atoms with E-state index in [0.717, 1.165) is 16.7 Å². The standard InChI is InChI=1S/C24H20N2O5/c1-14-3-5-16(6-4-14)22-13-18-12-17(7-9-20(18)24(28)31-22)23(27)25-21-10-8-19(26(29)30)11-15(21)2/h3-12,22H,13H2,1-2H3,(H,25,27)/t22-/m1/s1. The van der Waals surface area contributed by atoms with E-state index in [9.17, 15) is 19.7 Å². The number of carbonyl (C=O) groups is 2. The van der Waals surface area contributed by atoms with Crippen molar-refractivity contribution >= 4 is 23.3 Å². The number of hydrogen-bond acceptors (Lipinski definition) is 5. The fourth-order valence-corrected chi connectivity index (χ4v) is 3.60. The van der Waals surface area contributed by atoms with Gasteiger partial charge in [0.2, 0.25) is 0 Å². The van der Waals surface area contributed by atoms with Gasteiger partial charge in [0, 0.05) is 29.8 Å². The van der Waals surface area contributed by atoms with Crippen LogP contribution in [0, 0.1) is 24.0 Å². The molecule has 7 heteroatoms. The molecule has 1 atom stereocenters. The molecule has 3 aromatic rings. The fourth-order valence-electron chi connectivity index (χ4n) is 3.60. The molecule has 0 fully saturated rings. The maximum absolute atomic E-state index is 12.8. The molecule has 0 aromatic heterocycles. The number of anilines is 1. The van der Waals surface area contributed by atoms with Crippen molar-refractivity contribution in [1.29, 1.82) is 0 Å². The minimum Gasteiger partial charge on any atom is -0.454 e. The van der Waals surface area contributed by atoms with E-state index >= 15 is 0 Å². The van der Waals surface area contributed by atoms with E-state index in [1.54, 1.807) is 25.1 Å². The number of cyclic esters (lactones) is 1. The van der Waals surface area contributed by atoms with Crippen LogP contribution in [0.5, 0.6) is 0 Å². The first-order valence-corrected chi connectivity index (χ1v) is 9.78. The van der Waals surface area contributed by atoms with Crippen LogP contribution in [-0.2, 0) is 11.2 Å². The molecule has 1 amide bonds. The smallest absolute Gasteiger partial charge is 0.339 e. The zero-order valence-electron chi connectivity index (χ0n) is 17.0. The number of benzene rings is 3. The van der Waals surface area contributed by atoms with E-state index in [1.807, 2.05) is 31.2 Å². The molecule has 7 nitrogen and oxygen atoms in total. The molecule has 0 saturated carbocycles. The molecular formula is C24H20N2O5. The minimum absolute atomic E-state index is 0.0371. The summed E-state index contributed by atoms with van der Waals surface area (Å²) in [6, 6.07) is 16.9. The first kappa shape index (κ1) is 20.3. The van der Waals surface area contributed by atoms with Crippen LogP contribution in [-0.4, -0.2) is 16.8 Å². The second-order valence-corrected chi connectivity index (χ2v) is 7.59. The summed E-state index contributed by atoms with van der Waals surface area (Å²) in [4.78, 5) is 35.7. The summed E-state index contributed by atoms with van der Waals surface area (Å²) in [5.41, 5.74) is 4.65. The Kier molecular flexibility index (Phi) is 5.25. The molecular weight excluding hydrogens is 396 g/mol. The van der Waals surface area contributed by atoms with Crippen LogP contribution in [0.15, 0.2) is 60.7 Å². The van der Waals surface area contributed by atoms with Crippen LogP contribution in [0.2, 0.25) is 0 Å². The number of fused-ring (bicyclic) bond motifs is 1. The summed E-state index contributed by atoms with van der Waals surface area (Å²) in [7, 11) is 0. The highest BCUT2D eigenvalue weighted by Gasteiger charge is 2.28. The van der Waals surface area contributed by atoms with Crippen molar-refractivity contribution in [3.05, 3.63) is 104 Å². The van der Waals surface area contributed by atoms with Gasteiger partial charge in [-0.25, -0.2) is 4.79 Å². The molecule has 31 heavy (non-hydrogen) atoms. The van der Waals surface area contributed by atoms with Crippen molar-refractivity contribution in [1.82, 2.24) is 0 Å². The number of non-ortho nitro benzene ring substituents is 1. The molecule has 0 bridgehead atoms. The number of rotatable bonds is 4. The van der Waals surface area contributed by atoms with Crippen LogP contribution >= 0.6 is 0 Å². The fraction of sp³-hybridized carbons (Fsp3) is 0.167. The number of aryl methyl sites for hydroxylation is 2. The zero-order chi connectivity index (χ0) is 22.1. The van der Waals surface area contributed by atoms with Gasteiger partial charge in [0.05, 0.1) is 10.5 Å². The highest BCUT2D eigenvalue weighted by atomic mass is 16.6. The molecule has 0 aliphatic carbocycles. The van der Waals surface area contributed by atoms with Crippen molar-refractivity contribution < 1.29 is 19.2 Å². The lowest BCUT2D eigenvalue weighted by Gasteiger charge is -2.25. The quantitative estimate of drug-likeness (QED) is 0.370. The number of ether oxygens (including phenoxy) is 1. The van der Waals surface area contributed by atoms with Gasteiger partial charge in [0.1, 0.15) is 6.10 Å². The molecule has 1 N–H and O–H groups in total.